The second kappa shape index (κ2) is 10.9. The third-order valence-corrected chi connectivity index (χ3v) is 3.81. The zero-order valence-corrected chi connectivity index (χ0v) is 13.9. The molecule has 0 heterocycles. The minimum Gasteiger partial charge on any atom is -0.389 e. The zero-order valence-electron chi connectivity index (χ0n) is 13.1. The summed E-state index contributed by atoms with van der Waals surface area (Å²) in [5.41, 5.74) is 0.913. The van der Waals surface area contributed by atoms with Crippen molar-refractivity contribution in [2.45, 2.75) is 45.6 Å². The van der Waals surface area contributed by atoms with Crippen LogP contribution in [-0.4, -0.2) is 31.0 Å². The van der Waals surface area contributed by atoms with Crippen molar-refractivity contribution < 1.29 is 9.84 Å². The molecule has 0 radical (unpaired) electrons. The van der Waals surface area contributed by atoms with Crippen LogP contribution in [0.15, 0.2) is 24.3 Å². The van der Waals surface area contributed by atoms with Crippen molar-refractivity contribution in [2.24, 2.45) is 5.92 Å². The first-order valence-electron chi connectivity index (χ1n) is 7.90. The predicted octanol–water partition coefficient (Wildman–Crippen LogP) is 4.35. The molecule has 0 bridgehead atoms. The number of aliphatic hydroxyl groups excluding tert-OH is 1. The molecule has 120 valence electrons. The van der Waals surface area contributed by atoms with E-state index in [1.807, 2.05) is 24.3 Å². The lowest BCUT2D eigenvalue weighted by Gasteiger charge is -2.17. The fourth-order valence-electron chi connectivity index (χ4n) is 2.16. The molecule has 0 saturated heterocycles. The van der Waals surface area contributed by atoms with Gasteiger partial charge in [-0.25, -0.2) is 0 Å². The fraction of sp³-hybridized carbons (Fsp3) is 0.647. The molecule has 0 aliphatic carbocycles. The van der Waals surface area contributed by atoms with E-state index < -0.39 is 6.10 Å². The molecule has 0 aliphatic rings. The molecule has 2 unspecified atom stereocenters. The quantitative estimate of drug-likeness (QED) is 0.638. The molecule has 2 atom stereocenters. The number of anilines is 1. The lowest BCUT2D eigenvalue weighted by molar-refractivity contribution is 0.0245. The molecule has 0 fully saturated rings. The zero-order chi connectivity index (χ0) is 15.5. The lowest BCUT2D eigenvalue weighted by atomic mass is 10.0. The number of hydrogen-bond acceptors (Lipinski definition) is 3. The fourth-order valence-corrected chi connectivity index (χ4v) is 2.35. The smallest absolute Gasteiger partial charge is 0.0945 e. The maximum atomic E-state index is 9.92. The third kappa shape index (κ3) is 8.30. The average Bonchev–Trinajstić information content (AvgIpc) is 2.48. The lowest BCUT2D eigenvalue weighted by Crippen LogP contribution is -2.26. The molecular weight excluding hydrogens is 286 g/mol. The molecule has 0 amide bonds. The van der Waals surface area contributed by atoms with Gasteiger partial charge in [0.2, 0.25) is 0 Å². The Balaban J connectivity index is 2.17. The van der Waals surface area contributed by atoms with Gasteiger partial charge < -0.3 is 15.2 Å². The van der Waals surface area contributed by atoms with Crippen LogP contribution in [0, 0.1) is 5.92 Å². The van der Waals surface area contributed by atoms with Gasteiger partial charge in [0.05, 0.1) is 12.7 Å². The monoisotopic (exact) mass is 313 g/mol. The van der Waals surface area contributed by atoms with Gasteiger partial charge in [-0.1, -0.05) is 50.8 Å². The summed E-state index contributed by atoms with van der Waals surface area (Å²) in [6.45, 7) is 5.98. The standard InChI is InChI=1S/C17H28ClNO2/c1-3-5-7-14(4-2)12-21-13-17(20)11-19-16-9-6-8-15(18)10-16/h6,8-10,14,17,19-20H,3-5,7,11-13H2,1-2H3. The molecule has 2 N–H and O–H groups in total. The van der Waals surface area contributed by atoms with Crippen molar-refractivity contribution in [1.82, 2.24) is 0 Å². The van der Waals surface area contributed by atoms with Crippen LogP contribution in [0.25, 0.3) is 0 Å². The van der Waals surface area contributed by atoms with Crippen molar-refractivity contribution in [3.05, 3.63) is 29.3 Å². The van der Waals surface area contributed by atoms with E-state index in [1.165, 1.54) is 19.3 Å². The second-order valence-electron chi connectivity index (χ2n) is 5.50. The highest BCUT2D eigenvalue weighted by molar-refractivity contribution is 6.30. The van der Waals surface area contributed by atoms with Gasteiger partial charge in [-0.3, -0.25) is 0 Å². The van der Waals surface area contributed by atoms with Gasteiger partial charge in [0.25, 0.3) is 0 Å². The summed E-state index contributed by atoms with van der Waals surface area (Å²) in [6.07, 6.45) is 4.32. The van der Waals surface area contributed by atoms with Crippen molar-refractivity contribution >= 4 is 17.3 Å². The number of halogens is 1. The second-order valence-corrected chi connectivity index (χ2v) is 5.94. The molecule has 3 nitrogen and oxygen atoms in total. The molecule has 1 aromatic rings. The summed E-state index contributed by atoms with van der Waals surface area (Å²) in [4.78, 5) is 0. The molecule has 0 aromatic heterocycles. The van der Waals surface area contributed by atoms with Crippen molar-refractivity contribution in [2.75, 3.05) is 25.1 Å². The number of aliphatic hydroxyl groups is 1. The third-order valence-electron chi connectivity index (χ3n) is 3.57. The molecule has 0 aliphatic heterocycles. The summed E-state index contributed by atoms with van der Waals surface area (Å²) < 4.78 is 5.64. The van der Waals surface area contributed by atoms with E-state index >= 15 is 0 Å². The van der Waals surface area contributed by atoms with Gasteiger partial charge in [-0.2, -0.15) is 0 Å². The van der Waals surface area contributed by atoms with E-state index in [0.717, 1.165) is 18.7 Å². The Hall–Kier alpha value is -0.770. The number of rotatable bonds is 11. The van der Waals surface area contributed by atoms with E-state index in [9.17, 15) is 5.11 Å². The van der Waals surface area contributed by atoms with Gasteiger partial charge in [-0.15, -0.1) is 0 Å². The van der Waals surface area contributed by atoms with Crippen LogP contribution in [0.2, 0.25) is 5.02 Å². The van der Waals surface area contributed by atoms with Crippen molar-refractivity contribution in [3.8, 4) is 0 Å². The van der Waals surface area contributed by atoms with E-state index in [4.69, 9.17) is 16.3 Å². The van der Waals surface area contributed by atoms with Crippen LogP contribution in [-0.2, 0) is 4.74 Å². The maximum absolute atomic E-state index is 9.92. The highest BCUT2D eigenvalue weighted by Gasteiger charge is 2.09. The molecule has 1 aromatic carbocycles. The minimum absolute atomic E-state index is 0.371. The normalized spacial score (nSPS) is 13.9. The Morgan fingerprint density at radius 3 is 2.76 bits per heavy atom. The topological polar surface area (TPSA) is 41.5 Å². The van der Waals surface area contributed by atoms with Crippen LogP contribution in [0.4, 0.5) is 5.69 Å². The number of benzene rings is 1. The van der Waals surface area contributed by atoms with Gasteiger partial charge >= 0.3 is 0 Å². The van der Waals surface area contributed by atoms with Crippen LogP contribution >= 0.6 is 11.6 Å². The number of ether oxygens (including phenoxy) is 1. The number of hydrogen-bond donors (Lipinski definition) is 2. The first-order valence-corrected chi connectivity index (χ1v) is 8.28. The Kier molecular flexibility index (Phi) is 9.48. The van der Waals surface area contributed by atoms with E-state index in [0.29, 0.717) is 24.1 Å². The molecular formula is C17H28ClNO2. The molecule has 21 heavy (non-hydrogen) atoms. The highest BCUT2D eigenvalue weighted by Crippen LogP contribution is 2.15. The number of nitrogens with one attached hydrogen (secondary N) is 1. The average molecular weight is 314 g/mol. The van der Waals surface area contributed by atoms with E-state index in [1.54, 1.807) is 0 Å². The Morgan fingerprint density at radius 1 is 1.29 bits per heavy atom. The molecule has 4 heteroatoms. The Morgan fingerprint density at radius 2 is 2.10 bits per heavy atom. The van der Waals surface area contributed by atoms with E-state index in [2.05, 4.69) is 19.2 Å². The largest absolute Gasteiger partial charge is 0.389 e. The Labute approximate surface area is 133 Å². The van der Waals surface area contributed by atoms with Crippen molar-refractivity contribution in [1.29, 1.82) is 0 Å². The number of unbranched alkanes of at least 4 members (excludes halogenated alkanes) is 1. The summed E-state index contributed by atoms with van der Waals surface area (Å²) in [6, 6.07) is 7.48. The van der Waals surface area contributed by atoms with Gasteiger partial charge in [0.15, 0.2) is 0 Å². The van der Waals surface area contributed by atoms with E-state index in [-0.39, 0.29) is 0 Å². The summed E-state index contributed by atoms with van der Waals surface area (Å²) in [5, 5.41) is 13.8. The Bertz CT molecular complexity index is 387. The molecule has 1 rings (SSSR count). The molecule has 0 spiro atoms. The van der Waals surface area contributed by atoms with Crippen LogP contribution < -0.4 is 5.32 Å². The SMILES string of the molecule is CCCCC(CC)COCC(O)CNc1cccc(Cl)c1. The van der Waals surface area contributed by atoms with Gasteiger partial charge in [-0.05, 0) is 30.5 Å². The van der Waals surface area contributed by atoms with Crippen LogP contribution in [0.3, 0.4) is 0 Å². The first-order chi connectivity index (χ1) is 10.2. The van der Waals surface area contributed by atoms with Crippen LogP contribution in [0.1, 0.15) is 39.5 Å². The highest BCUT2D eigenvalue weighted by atomic mass is 35.5. The summed E-state index contributed by atoms with van der Waals surface area (Å²) >= 11 is 5.91. The van der Waals surface area contributed by atoms with Gasteiger partial charge in [0, 0.05) is 23.9 Å². The summed E-state index contributed by atoms with van der Waals surface area (Å²) in [7, 11) is 0. The maximum Gasteiger partial charge on any atom is 0.0945 e. The minimum atomic E-state index is -0.507. The first kappa shape index (κ1) is 18.3. The molecule has 0 saturated carbocycles. The predicted molar refractivity (Wildman–Crippen MR) is 90.1 cm³/mol. The van der Waals surface area contributed by atoms with Gasteiger partial charge in [0.1, 0.15) is 0 Å². The summed E-state index contributed by atoms with van der Waals surface area (Å²) in [5.74, 6) is 0.609. The van der Waals surface area contributed by atoms with Crippen molar-refractivity contribution in [3.63, 3.8) is 0 Å². The van der Waals surface area contributed by atoms with Crippen LogP contribution in [0.5, 0.6) is 0 Å².